The molecule has 2 N–H and O–H groups in total. The third-order valence-corrected chi connectivity index (χ3v) is 2.32. The van der Waals surface area contributed by atoms with E-state index < -0.39 is 0 Å². The second-order valence-electron chi connectivity index (χ2n) is 3.31. The lowest BCUT2D eigenvalue weighted by Gasteiger charge is -2.14. The molecule has 0 radical (unpaired) electrons. The number of aryl methyl sites for hydroxylation is 2. The van der Waals surface area contributed by atoms with Crippen LogP contribution >= 0.6 is 0 Å². The molecule has 0 spiro atoms. The Hall–Kier alpha value is -1.18. The van der Waals surface area contributed by atoms with E-state index >= 15 is 0 Å². The highest BCUT2D eigenvalue weighted by Crippen LogP contribution is 2.28. The van der Waals surface area contributed by atoms with Crippen molar-refractivity contribution < 1.29 is 4.74 Å². The van der Waals surface area contributed by atoms with Gasteiger partial charge in [0.2, 0.25) is 0 Å². The SMILES string of the molecule is CCOc1c(CC)cc(N)cc1CC. The van der Waals surface area contributed by atoms with E-state index in [0.29, 0.717) is 6.61 Å². The smallest absolute Gasteiger partial charge is 0.125 e. The molecule has 1 aromatic rings. The van der Waals surface area contributed by atoms with Crippen LogP contribution in [0.25, 0.3) is 0 Å². The van der Waals surface area contributed by atoms with Gasteiger partial charge in [0.05, 0.1) is 6.61 Å². The van der Waals surface area contributed by atoms with E-state index in [1.807, 2.05) is 19.1 Å². The van der Waals surface area contributed by atoms with Crippen LogP contribution in [0, 0.1) is 0 Å². The first-order chi connectivity index (χ1) is 6.72. The second kappa shape index (κ2) is 4.89. The predicted octanol–water partition coefficient (Wildman–Crippen LogP) is 2.79. The molecule has 0 unspecified atom stereocenters. The average Bonchev–Trinajstić information content (AvgIpc) is 2.20. The van der Waals surface area contributed by atoms with Crippen molar-refractivity contribution in [3.8, 4) is 5.75 Å². The zero-order valence-electron chi connectivity index (χ0n) is 9.26. The standard InChI is InChI=1S/C12H19NO/c1-4-9-7-11(13)8-10(5-2)12(9)14-6-3/h7-8H,4-6,13H2,1-3H3. The van der Waals surface area contributed by atoms with Crippen molar-refractivity contribution in [1.82, 2.24) is 0 Å². The fourth-order valence-corrected chi connectivity index (χ4v) is 1.64. The van der Waals surface area contributed by atoms with Crippen molar-refractivity contribution >= 4 is 5.69 Å². The molecule has 1 rings (SSSR count). The van der Waals surface area contributed by atoms with Gasteiger partial charge in [0.15, 0.2) is 0 Å². The van der Waals surface area contributed by atoms with Gasteiger partial charge in [-0.15, -0.1) is 0 Å². The Labute approximate surface area is 86.1 Å². The molecule has 0 heterocycles. The van der Waals surface area contributed by atoms with Crippen molar-refractivity contribution in [2.75, 3.05) is 12.3 Å². The normalized spacial score (nSPS) is 10.2. The van der Waals surface area contributed by atoms with Gasteiger partial charge >= 0.3 is 0 Å². The molecule has 2 nitrogen and oxygen atoms in total. The Morgan fingerprint density at radius 1 is 1.07 bits per heavy atom. The van der Waals surface area contributed by atoms with Crippen LogP contribution in [0.15, 0.2) is 12.1 Å². The molecule has 0 atom stereocenters. The lowest BCUT2D eigenvalue weighted by atomic mass is 10.0. The fraction of sp³-hybridized carbons (Fsp3) is 0.500. The number of nitrogens with two attached hydrogens (primary N) is 1. The van der Waals surface area contributed by atoms with E-state index in [0.717, 1.165) is 24.3 Å². The first kappa shape index (κ1) is 10.9. The topological polar surface area (TPSA) is 35.2 Å². The molecule has 1 aromatic carbocycles. The van der Waals surface area contributed by atoms with Gasteiger partial charge in [-0.1, -0.05) is 13.8 Å². The summed E-state index contributed by atoms with van der Waals surface area (Å²) < 4.78 is 5.65. The first-order valence-electron chi connectivity index (χ1n) is 5.26. The van der Waals surface area contributed by atoms with Crippen LogP contribution in [0.1, 0.15) is 31.9 Å². The van der Waals surface area contributed by atoms with Gasteiger partial charge < -0.3 is 10.5 Å². The van der Waals surface area contributed by atoms with E-state index in [9.17, 15) is 0 Å². The third kappa shape index (κ3) is 2.19. The Bertz CT molecular complexity index is 282. The average molecular weight is 193 g/mol. The monoisotopic (exact) mass is 193 g/mol. The number of hydrogen-bond acceptors (Lipinski definition) is 2. The van der Waals surface area contributed by atoms with Crippen LogP contribution in [-0.4, -0.2) is 6.61 Å². The van der Waals surface area contributed by atoms with Crippen LogP contribution < -0.4 is 10.5 Å². The minimum absolute atomic E-state index is 0.712. The largest absolute Gasteiger partial charge is 0.493 e. The molecule has 0 aliphatic rings. The third-order valence-electron chi connectivity index (χ3n) is 2.32. The number of ether oxygens (including phenoxy) is 1. The highest BCUT2D eigenvalue weighted by Gasteiger charge is 2.08. The molecule has 0 aliphatic carbocycles. The molecule has 14 heavy (non-hydrogen) atoms. The Balaban J connectivity index is 3.18. The molecular formula is C12H19NO. The van der Waals surface area contributed by atoms with Gasteiger partial charge in [0, 0.05) is 5.69 Å². The van der Waals surface area contributed by atoms with E-state index in [-0.39, 0.29) is 0 Å². The summed E-state index contributed by atoms with van der Waals surface area (Å²) in [6.07, 6.45) is 1.93. The predicted molar refractivity (Wildman–Crippen MR) is 60.8 cm³/mol. The molecule has 2 heteroatoms. The Kier molecular flexibility index (Phi) is 3.81. The van der Waals surface area contributed by atoms with Crippen LogP contribution in [0.2, 0.25) is 0 Å². The molecule has 0 aromatic heterocycles. The second-order valence-corrected chi connectivity index (χ2v) is 3.31. The van der Waals surface area contributed by atoms with E-state index in [4.69, 9.17) is 10.5 Å². The quantitative estimate of drug-likeness (QED) is 0.746. The Morgan fingerprint density at radius 2 is 1.57 bits per heavy atom. The molecule has 78 valence electrons. The summed E-state index contributed by atoms with van der Waals surface area (Å²) in [6.45, 7) is 6.96. The summed E-state index contributed by atoms with van der Waals surface area (Å²) in [6, 6.07) is 4.01. The molecule has 0 fully saturated rings. The van der Waals surface area contributed by atoms with Gasteiger partial charge in [-0.2, -0.15) is 0 Å². The van der Waals surface area contributed by atoms with Gasteiger partial charge in [0.1, 0.15) is 5.75 Å². The minimum atomic E-state index is 0.712. The van der Waals surface area contributed by atoms with Crippen LogP contribution in [-0.2, 0) is 12.8 Å². The van der Waals surface area contributed by atoms with Crippen molar-refractivity contribution in [2.45, 2.75) is 33.6 Å². The highest BCUT2D eigenvalue weighted by atomic mass is 16.5. The molecule has 0 aliphatic heterocycles. The maximum atomic E-state index is 5.82. The number of benzene rings is 1. The lowest BCUT2D eigenvalue weighted by Crippen LogP contribution is -2.01. The molecule has 0 saturated carbocycles. The van der Waals surface area contributed by atoms with E-state index in [2.05, 4.69) is 13.8 Å². The summed E-state index contributed by atoms with van der Waals surface area (Å²) in [5, 5.41) is 0. The van der Waals surface area contributed by atoms with Crippen LogP contribution in [0.3, 0.4) is 0 Å². The lowest BCUT2D eigenvalue weighted by molar-refractivity contribution is 0.333. The maximum Gasteiger partial charge on any atom is 0.125 e. The minimum Gasteiger partial charge on any atom is -0.493 e. The Morgan fingerprint density at radius 3 is 1.93 bits per heavy atom. The summed E-state index contributed by atoms with van der Waals surface area (Å²) in [5.41, 5.74) is 9.08. The first-order valence-corrected chi connectivity index (χ1v) is 5.26. The summed E-state index contributed by atoms with van der Waals surface area (Å²) in [5.74, 6) is 1.03. The fourth-order valence-electron chi connectivity index (χ4n) is 1.64. The number of hydrogen-bond donors (Lipinski definition) is 1. The van der Waals surface area contributed by atoms with Crippen LogP contribution in [0.5, 0.6) is 5.75 Å². The zero-order chi connectivity index (χ0) is 10.6. The highest BCUT2D eigenvalue weighted by molar-refractivity contribution is 5.53. The zero-order valence-corrected chi connectivity index (χ0v) is 9.26. The van der Waals surface area contributed by atoms with Crippen LogP contribution in [0.4, 0.5) is 5.69 Å². The summed E-state index contributed by atoms with van der Waals surface area (Å²) in [7, 11) is 0. The molecular weight excluding hydrogens is 174 g/mol. The van der Waals surface area contributed by atoms with E-state index in [1.54, 1.807) is 0 Å². The van der Waals surface area contributed by atoms with E-state index in [1.165, 1.54) is 11.1 Å². The van der Waals surface area contributed by atoms with Crippen molar-refractivity contribution in [1.29, 1.82) is 0 Å². The van der Waals surface area contributed by atoms with Gasteiger partial charge in [-0.3, -0.25) is 0 Å². The van der Waals surface area contributed by atoms with Gasteiger partial charge in [0.25, 0.3) is 0 Å². The molecule has 0 bridgehead atoms. The summed E-state index contributed by atoms with van der Waals surface area (Å²) in [4.78, 5) is 0. The number of rotatable bonds is 4. The maximum absolute atomic E-state index is 5.82. The molecule has 0 amide bonds. The number of nitrogen functional groups attached to an aromatic ring is 1. The van der Waals surface area contributed by atoms with Gasteiger partial charge in [-0.05, 0) is 43.0 Å². The summed E-state index contributed by atoms with van der Waals surface area (Å²) >= 11 is 0. The van der Waals surface area contributed by atoms with Crippen molar-refractivity contribution in [3.05, 3.63) is 23.3 Å². The van der Waals surface area contributed by atoms with Gasteiger partial charge in [-0.25, -0.2) is 0 Å². The molecule has 0 saturated heterocycles. The van der Waals surface area contributed by atoms with Crippen molar-refractivity contribution in [2.24, 2.45) is 0 Å². The van der Waals surface area contributed by atoms with Crippen molar-refractivity contribution in [3.63, 3.8) is 0 Å². The number of anilines is 1.